The number of aliphatic imine (C=N–C) groups is 1. The van der Waals surface area contributed by atoms with Crippen LogP contribution in [0.5, 0.6) is 0 Å². The van der Waals surface area contributed by atoms with Crippen molar-refractivity contribution in [3.63, 3.8) is 0 Å². The zero-order chi connectivity index (χ0) is 19.5. The normalized spacial score (nSPS) is 18.5. The first kappa shape index (κ1) is 18.6. The van der Waals surface area contributed by atoms with Gasteiger partial charge >= 0.3 is 0 Å². The molecule has 8 heteroatoms. The summed E-state index contributed by atoms with van der Waals surface area (Å²) in [5.74, 6) is 2.22. The Kier molecular flexibility index (Phi) is 5.40. The number of hydrogen-bond donors (Lipinski definition) is 2. The van der Waals surface area contributed by atoms with E-state index in [9.17, 15) is 0 Å². The van der Waals surface area contributed by atoms with Crippen LogP contribution in [0.25, 0.3) is 17.1 Å². The molecule has 0 atom stereocenters. The number of amidine groups is 1. The van der Waals surface area contributed by atoms with Crippen LogP contribution >= 0.6 is 15.9 Å². The lowest BCUT2D eigenvalue weighted by molar-refractivity contribution is 0.0683. The lowest BCUT2D eigenvalue weighted by Crippen LogP contribution is -2.42. The van der Waals surface area contributed by atoms with Crippen LogP contribution in [0.15, 0.2) is 59.5 Å². The number of benzene rings is 1. The van der Waals surface area contributed by atoms with Gasteiger partial charge in [0.25, 0.3) is 0 Å². The minimum absolute atomic E-state index is 0.252. The quantitative estimate of drug-likeness (QED) is 0.718. The summed E-state index contributed by atoms with van der Waals surface area (Å²) in [6.45, 7) is 5.01. The first-order valence-electron chi connectivity index (χ1n) is 9.07. The Morgan fingerprint density at radius 2 is 2.11 bits per heavy atom. The monoisotopic (exact) mass is 440 g/mol. The summed E-state index contributed by atoms with van der Waals surface area (Å²) in [6.07, 6.45) is 5.54. The zero-order valence-corrected chi connectivity index (χ0v) is 17.1. The van der Waals surface area contributed by atoms with E-state index >= 15 is 0 Å². The van der Waals surface area contributed by atoms with Gasteiger partial charge in [-0.05, 0) is 35.0 Å². The van der Waals surface area contributed by atoms with Crippen LogP contribution in [-0.2, 0) is 4.74 Å². The number of aromatic nitrogens is 2. The number of nitrogens with one attached hydrogen (secondary N) is 2. The Bertz CT molecular complexity index is 984. The topological polar surface area (TPSA) is 78.5 Å². The molecule has 144 valence electrons. The van der Waals surface area contributed by atoms with Crippen molar-refractivity contribution in [3.05, 3.63) is 60.1 Å². The van der Waals surface area contributed by atoms with Gasteiger partial charge in [-0.15, -0.1) is 0 Å². The molecule has 0 bridgehead atoms. The Labute approximate surface area is 172 Å². The Hall–Kier alpha value is -2.71. The maximum absolute atomic E-state index is 7.70. The van der Waals surface area contributed by atoms with Gasteiger partial charge in [-0.2, -0.15) is 5.10 Å². The van der Waals surface area contributed by atoms with Crippen LogP contribution in [-0.4, -0.2) is 51.4 Å². The van der Waals surface area contributed by atoms with Gasteiger partial charge in [0.15, 0.2) is 0 Å². The fourth-order valence-electron chi connectivity index (χ4n) is 3.16. The molecule has 0 amide bonds. The van der Waals surface area contributed by atoms with Crippen molar-refractivity contribution < 1.29 is 4.74 Å². The second-order valence-corrected chi connectivity index (χ2v) is 7.47. The third-order valence-electron chi connectivity index (χ3n) is 4.51. The van der Waals surface area contributed by atoms with Crippen molar-refractivity contribution in [2.24, 2.45) is 4.99 Å². The molecule has 2 aliphatic rings. The first-order chi connectivity index (χ1) is 13.6. The number of morpholine rings is 1. The van der Waals surface area contributed by atoms with Crippen LogP contribution in [0, 0.1) is 12.3 Å². The predicted molar refractivity (Wildman–Crippen MR) is 114 cm³/mol. The van der Waals surface area contributed by atoms with Crippen molar-refractivity contribution in [1.82, 2.24) is 20.0 Å². The molecule has 1 fully saturated rings. The summed E-state index contributed by atoms with van der Waals surface area (Å²) >= 11 is 3.17. The fraction of sp³-hybridized carbons (Fsp3) is 0.250. The van der Waals surface area contributed by atoms with Crippen molar-refractivity contribution in [1.29, 1.82) is 5.41 Å². The Morgan fingerprint density at radius 3 is 2.86 bits per heavy atom. The summed E-state index contributed by atoms with van der Waals surface area (Å²) < 4.78 is 7.50. The summed E-state index contributed by atoms with van der Waals surface area (Å²) in [5.41, 5.74) is 3.18. The fourth-order valence-corrected chi connectivity index (χ4v) is 3.37. The minimum Gasteiger partial charge on any atom is -0.378 e. The average molecular weight is 441 g/mol. The first-order valence-corrected chi connectivity index (χ1v) is 9.87. The Balaban J connectivity index is 1.67. The number of aryl methyl sites for hydroxylation is 1. The van der Waals surface area contributed by atoms with Crippen LogP contribution in [0.1, 0.15) is 5.56 Å². The van der Waals surface area contributed by atoms with Crippen molar-refractivity contribution in [3.8, 4) is 11.3 Å². The lowest BCUT2D eigenvalue weighted by atomic mass is 10.1. The number of ether oxygens (including phenoxy) is 1. The van der Waals surface area contributed by atoms with Gasteiger partial charge < -0.3 is 15.0 Å². The van der Waals surface area contributed by atoms with E-state index in [1.165, 1.54) is 5.56 Å². The van der Waals surface area contributed by atoms with E-state index in [-0.39, 0.29) is 4.62 Å². The molecule has 0 saturated carbocycles. The Morgan fingerprint density at radius 1 is 1.29 bits per heavy atom. The second-order valence-electron chi connectivity index (χ2n) is 6.62. The summed E-state index contributed by atoms with van der Waals surface area (Å²) in [4.78, 5) is 6.83. The summed E-state index contributed by atoms with van der Waals surface area (Å²) in [7, 11) is 0. The van der Waals surface area contributed by atoms with Crippen LogP contribution < -0.4 is 5.32 Å². The van der Waals surface area contributed by atoms with Gasteiger partial charge in [-0.25, -0.2) is 9.67 Å². The molecule has 0 radical (unpaired) electrons. The largest absolute Gasteiger partial charge is 0.378 e. The van der Waals surface area contributed by atoms with E-state index in [1.807, 2.05) is 24.4 Å². The molecule has 3 heterocycles. The highest BCUT2D eigenvalue weighted by molar-refractivity contribution is 9.18. The molecule has 2 aromatic rings. The highest BCUT2D eigenvalue weighted by Gasteiger charge is 2.20. The molecular weight excluding hydrogens is 420 g/mol. The average Bonchev–Trinajstić information content (AvgIpc) is 3.18. The minimum atomic E-state index is 0.252. The molecule has 1 aromatic carbocycles. The van der Waals surface area contributed by atoms with E-state index in [2.05, 4.69) is 56.3 Å². The van der Waals surface area contributed by atoms with Crippen molar-refractivity contribution in [2.75, 3.05) is 26.3 Å². The van der Waals surface area contributed by atoms with Gasteiger partial charge in [0.1, 0.15) is 22.1 Å². The lowest BCUT2D eigenvalue weighted by Gasteiger charge is -2.30. The molecule has 2 N–H and O–H groups in total. The van der Waals surface area contributed by atoms with E-state index in [0.29, 0.717) is 19.0 Å². The highest BCUT2D eigenvalue weighted by Crippen LogP contribution is 2.21. The van der Waals surface area contributed by atoms with Gasteiger partial charge in [0.05, 0.1) is 18.9 Å². The zero-order valence-electron chi connectivity index (χ0n) is 15.5. The molecule has 2 aliphatic heterocycles. The van der Waals surface area contributed by atoms with E-state index in [1.54, 1.807) is 10.8 Å². The maximum Gasteiger partial charge on any atom is 0.136 e. The number of nitrogens with zero attached hydrogens (tertiary/aromatic N) is 4. The highest BCUT2D eigenvalue weighted by atomic mass is 79.9. The van der Waals surface area contributed by atoms with Crippen molar-refractivity contribution in [2.45, 2.75) is 6.92 Å². The molecular formula is C20H21BrN6O. The number of rotatable bonds is 3. The van der Waals surface area contributed by atoms with Crippen LogP contribution in [0.4, 0.5) is 0 Å². The molecule has 7 nitrogen and oxygen atoms in total. The maximum atomic E-state index is 7.70. The second kappa shape index (κ2) is 8.12. The molecule has 0 unspecified atom stereocenters. The van der Waals surface area contributed by atoms with Gasteiger partial charge in [-0.1, -0.05) is 23.8 Å². The summed E-state index contributed by atoms with van der Waals surface area (Å²) in [6, 6.07) is 10.3. The summed E-state index contributed by atoms with van der Waals surface area (Å²) in [5, 5.41) is 15.7. The van der Waals surface area contributed by atoms with Crippen LogP contribution in [0.3, 0.4) is 0 Å². The third-order valence-corrected chi connectivity index (χ3v) is 4.73. The predicted octanol–water partition coefficient (Wildman–Crippen LogP) is 3.20. The molecule has 1 aromatic heterocycles. The number of allylic oxidation sites excluding steroid dienone is 1. The number of hydrogen-bond acceptors (Lipinski definition) is 6. The van der Waals surface area contributed by atoms with E-state index in [0.717, 1.165) is 36.0 Å². The van der Waals surface area contributed by atoms with E-state index < -0.39 is 0 Å². The van der Waals surface area contributed by atoms with Gasteiger partial charge in [0, 0.05) is 37.0 Å². The van der Waals surface area contributed by atoms with Crippen molar-refractivity contribution >= 4 is 32.2 Å². The smallest absolute Gasteiger partial charge is 0.136 e. The SMILES string of the molecule is Cc1cccc(-c2ccn(C3=CC(N4CCOCC4)=N/C(=C\C(=N)Br)N3)n2)c1. The molecule has 1 saturated heterocycles. The van der Waals surface area contributed by atoms with Crippen LogP contribution in [0.2, 0.25) is 0 Å². The van der Waals surface area contributed by atoms with Gasteiger partial charge in [0.2, 0.25) is 0 Å². The van der Waals surface area contributed by atoms with E-state index in [4.69, 9.17) is 15.2 Å². The molecule has 28 heavy (non-hydrogen) atoms. The molecule has 0 aliphatic carbocycles. The molecule has 0 spiro atoms. The third kappa shape index (κ3) is 4.23. The standard InChI is InChI=1S/C20H21BrN6O/c1-14-3-2-4-15(11-14)16-5-6-27(25-16)20-13-19(26-7-9-28-10-8-26)23-18(24-20)12-17(21)22/h2-6,11-13,22,24H,7-10H2,1H3/b18-12+,22-17?. The van der Waals surface area contributed by atoms with Gasteiger partial charge in [-0.3, -0.25) is 5.41 Å². The number of halogens is 1. The molecule has 4 rings (SSSR count).